The predicted octanol–water partition coefficient (Wildman–Crippen LogP) is 5.53. The van der Waals surface area contributed by atoms with Crippen LogP contribution in [0.2, 0.25) is 0 Å². The molecule has 7 rings (SSSR count). The van der Waals surface area contributed by atoms with Gasteiger partial charge in [0.15, 0.2) is 0 Å². The van der Waals surface area contributed by atoms with Crippen LogP contribution in [0.25, 0.3) is 0 Å². The number of para-hydroxylation sites is 1. The fourth-order valence-electron chi connectivity index (χ4n) is 7.53. The Morgan fingerprint density at radius 1 is 0.818 bits per heavy atom. The van der Waals surface area contributed by atoms with Crippen LogP contribution in [-0.2, 0) is 29.3 Å². The molecule has 44 heavy (non-hydrogen) atoms. The lowest BCUT2D eigenvalue weighted by Crippen LogP contribution is -2.52. The molecule has 3 aliphatic rings. The van der Waals surface area contributed by atoms with Gasteiger partial charge >= 0.3 is 11.9 Å². The number of nitrogens with zero attached hydrogens (tertiary/aromatic N) is 1. The maximum atomic E-state index is 14.6. The number of ether oxygens (including phenoxy) is 3. The topological polar surface area (TPSA) is 94.2 Å². The molecule has 1 amide bonds. The molecule has 0 bridgehead atoms. The number of carbonyl (C=O) groups excluding carboxylic acids is 3. The van der Waals surface area contributed by atoms with Gasteiger partial charge in [-0.25, -0.2) is 0 Å². The minimum atomic E-state index is -1.50. The minimum Gasteiger partial charge on any atom is -0.497 e. The van der Waals surface area contributed by atoms with Gasteiger partial charge in [0, 0.05) is 5.69 Å². The third-order valence-electron chi connectivity index (χ3n) is 9.19. The second-order valence-corrected chi connectivity index (χ2v) is 11.3. The van der Waals surface area contributed by atoms with Crippen molar-refractivity contribution in [3.63, 3.8) is 0 Å². The quantitative estimate of drug-likeness (QED) is 0.296. The van der Waals surface area contributed by atoms with E-state index in [1.807, 2.05) is 114 Å². The summed E-state index contributed by atoms with van der Waals surface area (Å²) in [6, 6.07) is 31.9. The number of hydrogen-bond acceptors (Lipinski definition) is 7. The first kappa shape index (κ1) is 27.9. The highest BCUT2D eigenvalue weighted by Crippen LogP contribution is 2.64. The van der Waals surface area contributed by atoms with Gasteiger partial charge in [-0.15, -0.1) is 0 Å². The van der Waals surface area contributed by atoms with Crippen molar-refractivity contribution in [1.29, 1.82) is 0 Å². The van der Waals surface area contributed by atoms with Crippen molar-refractivity contribution < 1.29 is 28.6 Å². The molecule has 8 heteroatoms. The fourth-order valence-corrected chi connectivity index (χ4v) is 7.53. The summed E-state index contributed by atoms with van der Waals surface area (Å²) in [5, 5.41) is 3.05. The standard InChI is InChI=1S/C36H32N2O6/c1-3-43-33(39)28-30-34(40)44-31(23-14-8-5-9-15-23)29(22-12-6-4-7-13-22)38(30)32(24-18-20-25(42-2)21-19-24)36(28)26-16-10-11-17-27(26)37-35(36)41/h4-21,28-32H,3H2,1-2H3,(H,37,41)/t28-,29-,30-,31+,32+,36-/m1/s1. The Morgan fingerprint density at radius 3 is 2.11 bits per heavy atom. The van der Waals surface area contributed by atoms with Gasteiger partial charge in [0.25, 0.3) is 0 Å². The average Bonchev–Trinajstić information content (AvgIpc) is 3.54. The van der Waals surface area contributed by atoms with Crippen LogP contribution in [0.3, 0.4) is 0 Å². The van der Waals surface area contributed by atoms with E-state index >= 15 is 0 Å². The molecule has 4 aromatic carbocycles. The molecule has 3 heterocycles. The van der Waals surface area contributed by atoms with Gasteiger partial charge in [-0.05, 0) is 47.4 Å². The monoisotopic (exact) mass is 588 g/mol. The molecule has 0 unspecified atom stereocenters. The number of anilines is 1. The van der Waals surface area contributed by atoms with Crippen molar-refractivity contribution in [3.8, 4) is 5.75 Å². The zero-order valence-corrected chi connectivity index (χ0v) is 24.4. The SMILES string of the molecule is CCOC(=O)[C@H]1[C@@H]2C(=O)O[C@@H](c3ccccc3)[C@@H](c3ccccc3)N2[C@@H](c2ccc(OC)cc2)[C@]12C(=O)Nc1ccccc12. The Bertz CT molecular complexity index is 1710. The number of morpholine rings is 1. The molecular weight excluding hydrogens is 556 g/mol. The summed E-state index contributed by atoms with van der Waals surface area (Å²) in [6.45, 7) is 1.82. The Hall–Kier alpha value is -4.95. The zero-order chi connectivity index (χ0) is 30.4. The molecule has 4 aromatic rings. The van der Waals surface area contributed by atoms with Crippen molar-refractivity contribution in [2.45, 2.75) is 36.6 Å². The van der Waals surface area contributed by atoms with E-state index in [9.17, 15) is 14.4 Å². The Kier molecular flexibility index (Phi) is 6.94. The van der Waals surface area contributed by atoms with Gasteiger partial charge in [-0.3, -0.25) is 19.3 Å². The second-order valence-electron chi connectivity index (χ2n) is 11.3. The van der Waals surface area contributed by atoms with Gasteiger partial charge in [0.1, 0.15) is 29.2 Å². The van der Waals surface area contributed by atoms with Crippen molar-refractivity contribution >= 4 is 23.5 Å². The molecule has 0 aliphatic carbocycles. The van der Waals surface area contributed by atoms with Crippen LogP contribution in [0.15, 0.2) is 109 Å². The molecule has 0 saturated carbocycles. The lowest BCUT2D eigenvalue weighted by Gasteiger charge is -2.46. The van der Waals surface area contributed by atoms with E-state index in [1.54, 1.807) is 14.0 Å². The predicted molar refractivity (Wildman–Crippen MR) is 163 cm³/mol. The summed E-state index contributed by atoms with van der Waals surface area (Å²) in [5.41, 5.74) is 2.22. The number of carbonyl (C=O) groups is 3. The summed E-state index contributed by atoms with van der Waals surface area (Å²) in [5.74, 6) is -2.09. The van der Waals surface area contributed by atoms with E-state index in [-0.39, 0.29) is 12.5 Å². The number of amides is 1. The van der Waals surface area contributed by atoms with Gasteiger partial charge in [-0.1, -0.05) is 91.0 Å². The second kappa shape index (κ2) is 11.0. The number of rotatable bonds is 6. The fraction of sp³-hybridized carbons (Fsp3) is 0.250. The smallest absolute Gasteiger partial charge is 0.325 e. The summed E-state index contributed by atoms with van der Waals surface area (Å²) in [4.78, 5) is 45.2. The highest BCUT2D eigenvalue weighted by molar-refractivity contribution is 6.11. The van der Waals surface area contributed by atoms with Crippen molar-refractivity contribution in [2.24, 2.45) is 5.92 Å². The highest BCUT2D eigenvalue weighted by Gasteiger charge is 2.74. The number of fused-ring (bicyclic) bond motifs is 3. The Balaban J connectivity index is 1.56. The van der Waals surface area contributed by atoms with Crippen LogP contribution in [-0.4, -0.2) is 42.5 Å². The van der Waals surface area contributed by atoms with Crippen LogP contribution in [0.1, 0.15) is 47.4 Å². The molecule has 1 spiro atoms. The number of hydrogen-bond donors (Lipinski definition) is 1. The number of esters is 2. The molecule has 222 valence electrons. The van der Waals surface area contributed by atoms with Gasteiger partial charge in [0.05, 0.1) is 25.8 Å². The number of nitrogens with one attached hydrogen (secondary N) is 1. The average molecular weight is 589 g/mol. The van der Waals surface area contributed by atoms with Gasteiger partial charge < -0.3 is 19.5 Å². The minimum absolute atomic E-state index is 0.0956. The normalized spacial score (nSPS) is 27.3. The van der Waals surface area contributed by atoms with Crippen molar-refractivity contribution in [2.75, 3.05) is 19.0 Å². The third-order valence-corrected chi connectivity index (χ3v) is 9.19. The van der Waals surface area contributed by atoms with E-state index in [4.69, 9.17) is 14.2 Å². The molecule has 1 N–H and O–H groups in total. The first-order valence-corrected chi connectivity index (χ1v) is 14.8. The van der Waals surface area contributed by atoms with E-state index in [0.29, 0.717) is 17.0 Å². The summed E-state index contributed by atoms with van der Waals surface area (Å²) >= 11 is 0. The molecule has 2 saturated heterocycles. The molecule has 6 atom stereocenters. The first-order chi connectivity index (χ1) is 21.5. The molecule has 8 nitrogen and oxygen atoms in total. The van der Waals surface area contributed by atoms with Crippen LogP contribution in [0, 0.1) is 5.92 Å². The van der Waals surface area contributed by atoms with Crippen LogP contribution in [0.4, 0.5) is 5.69 Å². The van der Waals surface area contributed by atoms with Gasteiger partial charge in [0.2, 0.25) is 5.91 Å². The maximum absolute atomic E-state index is 14.6. The van der Waals surface area contributed by atoms with Crippen molar-refractivity contribution in [3.05, 3.63) is 131 Å². The van der Waals surface area contributed by atoms with Gasteiger partial charge in [-0.2, -0.15) is 0 Å². The van der Waals surface area contributed by atoms with Crippen LogP contribution >= 0.6 is 0 Å². The third kappa shape index (κ3) is 4.05. The molecule has 0 aromatic heterocycles. The maximum Gasteiger partial charge on any atom is 0.325 e. The first-order valence-electron chi connectivity index (χ1n) is 14.8. The van der Waals surface area contributed by atoms with E-state index < -0.39 is 47.5 Å². The number of benzene rings is 4. The Morgan fingerprint density at radius 2 is 1.45 bits per heavy atom. The van der Waals surface area contributed by atoms with Crippen molar-refractivity contribution in [1.82, 2.24) is 4.90 Å². The van der Waals surface area contributed by atoms with E-state index in [1.165, 1.54) is 0 Å². The molecule has 3 aliphatic heterocycles. The molecule has 0 radical (unpaired) electrons. The van der Waals surface area contributed by atoms with Crippen LogP contribution in [0.5, 0.6) is 5.75 Å². The van der Waals surface area contributed by atoms with E-state index in [0.717, 1.165) is 16.7 Å². The number of methoxy groups -OCH3 is 1. The summed E-state index contributed by atoms with van der Waals surface area (Å²) in [6.07, 6.45) is -0.708. The molecule has 2 fully saturated rings. The van der Waals surface area contributed by atoms with E-state index in [2.05, 4.69) is 5.32 Å². The molecular formula is C36H32N2O6. The highest BCUT2D eigenvalue weighted by atomic mass is 16.6. The Labute approximate surface area is 255 Å². The largest absolute Gasteiger partial charge is 0.497 e. The van der Waals surface area contributed by atoms with Crippen LogP contribution < -0.4 is 10.1 Å². The summed E-state index contributed by atoms with van der Waals surface area (Å²) in [7, 11) is 1.59. The lowest BCUT2D eigenvalue weighted by molar-refractivity contribution is -0.180. The summed E-state index contributed by atoms with van der Waals surface area (Å²) < 4.78 is 17.5. The number of cyclic esters (lactones) is 1. The zero-order valence-electron chi connectivity index (χ0n) is 24.4. The lowest BCUT2D eigenvalue weighted by atomic mass is 9.65.